The van der Waals surface area contributed by atoms with Crippen molar-refractivity contribution in [1.29, 1.82) is 0 Å². The van der Waals surface area contributed by atoms with Crippen LogP contribution in [0.4, 0.5) is 5.82 Å². The lowest BCUT2D eigenvalue weighted by Crippen LogP contribution is -2.51. The molecule has 2 aromatic heterocycles. The number of fused-ring (bicyclic) bond motifs is 1. The Bertz CT molecular complexity index is 603. The van der Waals surface area contributed by atoms with Crippen LogP contribution in [0.5, 0.6) is 0 Å². The average Bonchev–Trinajstić information content (AvgIpc) is 2.80. The molecule has 0 saturated carbocycles. The second-order valence-electron chi connectivity index (χ2n) is 4.45. The fourth-order valence-corrected chi connectivity index (χ4v) is 2.37. The summed E-state index contributed by atoms with van der Waals surface area (Å²) in [5, 5.41) is 14.0. The van der Waals surface area contributed by atoms with Gasteiger partial charge in [-0.1, -0.05) is 6.92 Å². The largest absolute Gasteiger partial charge is 0.364 e. The minimum absolute atomic E-state index is 0.296. The Hall–Kier alpha value is -1.89. The van der Waals surface area contributed by atoms with Crippen molar-refractivity contribution in [2.45, 2.75) is 19.4 Å². The van der Waals surface area contributed by atoms with Crippen molar-refractivity contribution in [3.8, 4) is 0 Å². The fourth-order valence-electron chi connectivity index (χ4n) is 2.37. The summed E-state index contributed by atoms with van der Waals surface area (Å²) in [6, 6.07) is 4.16. The highest BCUT2D eigenvalue weighted by Gasteiger charge is 2.22. The van der Waals surface area contributed by atoms with E-state index in [1.165, 1.54) is 4.52 Å². The van der Waals surface area contributed by atoms with E-state index in [4.69, 9.17) is 0 Å². The monoisotopic (exact) mass is 248 g/mol. The SMILES string of the molecule is CCC1CNCCN1c1ccc2n[nH]c(=O)n2n1. The number of piperazine rings is 1. The van der Waals surface area contributed by atoms with Gasteiger partial charge >= 0.3 is 5.69 Å². The predicted molar refractivity (Wildman–Crippen MR) is 67.9 cm³/mol. The first-order valence-corrected chi connectivity index (χ1v) is 6.21. The van der Waals surface area contributed by atoms with Gasteiger partial charge in [-0.3, -0.25) is 0 Å². The Morgan fingerprint density at radius 2 is 2.39 bits per heavy atom. The summed E-state index contributed by atoms with van der Waals surface area (Å²) >= 11 is 0. The van der Waals surface area contributed by atoms with E-state index >= 15 is 0 Å². The molecule has 7 nitrogen and oxygen atoms in total. The van der Waals surface area contributed by atoms with Gasteiger partial charge in [0.05, 0.1) is 0 Å². The molecule has 0 aliphatic carbocycles. The second-order valence-corrected chi connectivity index (χ2v) is 4.45. The molecular formula is C11H16N6O. The zero-order valence-corrected chi connectivity index (χ0v) is 10.3. The van der Waals surface area contributed by atoms with Gasteiger partial charge in [0.15, 0.2) is 5.65 Å². The van der Waals surface area contributed by atoms with E-state index in [0.29, 0.717) is 11.7 Å². The number of aromatic amines is 1. The van der Waals surface area contributed by atoms with Crippen molar-refractivity contribution < 1.29 is 0 Å². The van der Waals surface area contributed by atoms with Gasteiger partial charge in [0.25, 0.3) is 0 Å². The summed E-state index contributed by atoms with van der Waals surface area (Å²) in [5.74, 6) is 0.833. The summed E-state index contributed by atoms with van der Waals surface area (Å²) in [6.07, 6.45) is 1.05. The van der Waals surface area contributed by atoms with Crippen molar-refractivity contribution in [3.05, 3.63) is 22.6 Å². The Kier molecular flexibility index (Phi) is 2.75. The molecule has 7 heteroatoms. The molecule has 1 unspecified atom stereocenters. The molecule has 1 saturated heterocycles. The second kappa shape index (κ2) is 4.41. The number of nitrogens with one attached hydrogen (secondary N) is 2. The predicted octanol–water partition coefficient (Wildman–Crippen LogP) is -0.394. The Balaban J connectivity index is 2.01. The van der Waals surface area contributed by atoms with E-state index in [1.54, 1.807) is 0 Å². The topological polar surface area (TPSA) is 78.3 Å². The van der Waals surface area contributed by atoms with Crippen molar-refractivity contribution in [1.82, 2.24) is 25.1 Å². The molecule has 2 aromatic rings. The molecule has 3 rings (SSSR count). The van der Waals surface area contributed by atoms with Gasteiger partial charge in [-0.15, -0.1) is 5.10 Å². The van der Waals surface area contributed by atoms with E-state index in [9.17, 15) is 4.79 Å². The smallest absolute Gasteiger partial charge is 0.350 e. The third-order valence-corrected chi connectivity index (χ3v) is 3.38. The van der Waals surface area contributed by atoms with E-state index in [-0.39, 0.29) is 5.69 Å². The summed E-state index contributed by atoms with van der Waals surface area (Å²) < 4.78 is 1.31. The number of H-pyrrole nitrogens is 1. The molecule has 0 radical (unpaired) electrons. The maximum Gasteiger partial charge on any atom is 0.364 e. The van der Waals surface area contributed by atoms with Crippen LogP contribution in [0, 0.1) is 0 Å². The summed E-state index contributed by atoms with van der Waals surface area (Å²) in [5.41, 5.74) is 0.252. The maximum atomic E-state index is 11.5. The zero-order valence-electron chi connectivity index (χ0n) is 10.3. The standard InChI is InChI=1S/C11H16N6O/c1-2-8-7-12-5-6-16(8)10-4-3-9-13-14-11(18)17(9)15-10/h3-4,8,12H,2,5-7H2,1H3,(H,14,18). The quantitative estimate of drug-likeness (QED) is 0.756. The number of hydrogen-bond acceptors (Lipinski definition) is 5. The van der Waals surface area contributed by atoms with Crippen molar-refractivity contribution >= 4 is 11.5 Å². The first-order valence-electron chi connectivity index (χ1n) is 6.21. The Morgan fingerprint density at radius 1 is 1.50 bits per heavy atom. The molecule has 1 aliphatic rings. The maximum absolute atomic E-state index is 11.5. The van der Waals surface area contributed by atoms with Crippen LogP contribution in [0.15, 0.2) is 16.9 Å². The van der Waals surface area contributed by atoms with E-state index in [2.05, 4.69) is 32.4 Å². The first kappa shape index (κ1) is 11.2. The summed E-state index contributed by atoms with van der Waals surface area (Å²) in [6.45, 7) is 4.96. The number of aromatic nitrogens is 4. The summed E-state index contributed by atoms with van der Waals surface area (Å²) in [7, 11) is 0. The van der Waals surface area contributed by atoms with Crippen molar-refractivity contribution in [3.63, 3.8) is 0 Å². The van der Waals surface area contributed by atoms with Crippen molar-refractivity contribution in [2.24, 2.45) is 0 Å². The molecule has 1 aliphatic heterocycles. The highest BCUT2D eigenvalue weighted by Crippen LogP contribution is 2.17. The van der Waals surface area contributed by atoms with Crippen LogP contribution in [-0.2, 0) is 0 Å². The fraction of sp³-hybridized carbons (Fsp3) is 0.545. The minimum atomic E-state index is -0.296. The van der Waals surface area contributed by atoms with E-state index in [0.717, 1.165) is 31.9 Å². The van der Waals surface area contributed by atoms with E-state index < -0.39 is 0 Å². The van der Waals surface area contributed by atoms with Crippen LogP contribution >= 0.6 is 0 Å². The lowest BCUT2D eigenvalue weighted by molar-refractivity contribution is 0.461. The van der Waals surface area contributed by atoms with E-state index in [1.807, 2.05) is 12.1 Å². The molecule has 0 amide bonds. The molecule has 1 fully saturated rings. The zero-order chi connectivity index (χ0) is 12.5. The molecule has 1 atom stereocenters. The number of anilines is 1. The number of rotatable bonds is 2. The van der Waals surface area contributed by atoms with Crippen molar-refractivity contribution in [2.75, 3.05) is 24.5 Å². The third kappa shape index (κ3) is 1.76. The van der Waals surface area contributed by atoms with Crippen LogP contribution in [0.2, 0.25) is 0 Å². The van der Waals surface area contributed by atoms with Crippen LogP contribution in [-0.4, -0.2) is 45.5 Å². The van der Waals surface area contributed by atoms with Gasteiger partial charge < -0.3 is 10.2 Å². The average molecular weight is 248 g/mol. The van der Waals surface area contributed by atoms with Crippen LogP contribution < -0.4 is 15.9 Å². The van der Waals surface area contributed by atoms with Gasteiger partial charge in [-0.2, -0.15) is 9.61 Å². The van der Waals surface area contributed by atoms with Gasteiger partial charge in [-0.25, -0.2) is 9.89 Å². The molecule has 0 spiro atoms. The van der Waals surface area contributed by atoms with Gasteiger partial charge in [0, 0.05) is 25.7 Å². The molecule has 96 valence electrons. The minimum Gasteiger partial charge on any atom is -0.350 e. The molecule has 3 heterocycles. The highest BCUT2D eigenvalue weighted by molar-refractivity contribution is 5.46. The molecule has 0 aromatic carbocycles. The van der Waals surface area contributed by atoms with Gasteiger partial charge in [0.1, 0.15) is 5.82 Å². The molecule has 2 N–H and O–H groups in total. The van der Waals surface area contributed by atoms with Gasteiger partial charge in [-0.05, 0) is 18.6 Å². The van der Waals surface area contributed by atoms with Crippen LogP contribution in [0.25, 0.3) is 5.65 Å². The number of hydrogen-bond donors (Lipinski definition) is 2. The van der Waals surface area contributed by atoms with Gasteiger partial charge in [0.2, 0.25) is 0 Å². The number of nitrogens with zero attached hydrogens (tertiary/aromatic N) is 4. The van der Waals surface area contributed by atoms with Crippen LogP contribution in [0.3, 0.4) is 0 Å². The lowest BCUT2D eigenvalue weighted by atomic mass is 10.1. The Labute approximate surface area is 104 Å². The third-order valence-electron chi connectivity index (χ3n) is 3.38. The normalized spacial score (nSPS) is 20.5. The summed E-state index contributed by atoms with van der Waals surface area (Å²) in [4.78, 5) is 13.8. The first-order chi connectivity index (χ1) is 8.79. The molecule has 18 heavy (non-hydrogen) atoms. The lowest BCUT2D eigenvalue weighted by Gasteiger charge is -2.36. The Morgan fingerprint density at radius 3 is 3.22 bits per heavy atom. The highest BCUT2D eigenvalue weighted by atomic mass is 16.2. The van der Waals surface area contributed by atoms with Crippen LogP contribution in [0.1, 0.15) is 13.3 Å². The molecular weight excluding hydrogens is 232 g/mol. The molecule has 0 bridgehead atoms.